The third-order valence-corrected chi connectivity index (χ3v) is 6.90. The summed E-state index contributed by atoms with van der Waals surface area (Å²) in [5, 5.41) is 5.83. The maximum absolute atomic E-state index is 13.1. The minimum atomic E-state index is -0.954. The average molecular weight is 427 g/mol. The Hall–Kier alpha value is -2.74. The van der Waals surface area contributed by atoms with Crippen molar-refractivity contribution in [3.63, 3.8) is 0 Å². The molecule has 1 aromatic carbocycles. The Labute approximate surface area is 182 Å². The number of rotatable bonds is 9. The number of carbonyl (C=O) groups excluding carboxylic acids is 4. The predicted octanol–water partition coefficient (Wildman–Crippen LogP) is 1.52. The van der Waals surface area contributed by atoms with Crippen LogP contribution < -0.4 is 10.6 Å². The zero-order valence-electron chi connectivity index (χ0n) is 18.1. The number of hydrogen-bond acceptors (Lipinski definition) is 6. The van der Waals surface area contributed by atoms with Gasteiger partial charge in [-0.25, -0.2) is 0 Å². The molecular formula is C23H30N4O4. The normalized spacial score (nSPS) is 20.8. The molecule has 2 N–H and O–H groups in total. The van der Waals surface area contributed by atoms with Crippen molar-refractivity contribution in [2.24, 2.45) is 11.3 Å². The van der Waals surface area contributed by atoms with Crippen LogP contribution in [0.4, 0.5) is 5.69 Å². The van der Waals surface area contributed by atoms with E-state index in [1.807, 2.05) is 0 Å². The summed E-state index contributed by atoms with van der Waals surface area (Å²) in [7, 11) is 3.66. The molecule has 1 saturated carbocycles. The number of carbonyl (C=O) groups is 4. The van der Waals surface area contributed by atoms with Gasteiger partial charge in [-0.3, -0.25) is 19.3 Å². The van der Waals surface area contributed by atoms with Crippen molar-refractivity contribution < 1.29 is 19.2 Å². The molecule has 1 unspecified atom stereocenters. The first kappa shape index (κ1) is 21.5. The number of anilines is 1. The lowest BCUT2D eigenvalue weighted by Crippen LogP contribution is -2.60. The van der Waals surface area contributed by atoms with E-state index in [0.29, 0.717) is 34.4 Å². The highest BCUT2D eigenvalue weighted by Crippen LogP contribution is 2.52. The van der Waals surface area contributed by atoms with Crippen molar-refractivity contribution in [3.8, 4) is 0 Å². The molecule has 1 saturated heterocycles. The van der Waals surface area contributed by atoms with Crippen LogP contribution in [0.5, 0.6) is 0 Å². The van der Waals surface area contributed by atoms with Gasteiger partial charge in [0.25, 0.3) is 11.8 Å². The van der Waals surface area contributed by atoms with Crippen LogP contribution in [-0.4, -0.2) is 73.6 Å². The molecular weight excluding hydrogens is 396 g/mol. The van der Waals surface area contributed by atoms with Crippen molar-refractivity contribution in [1.82, 2.24) is 15.1 Å². The maximum Gasteiger partial charge on any atom is 0.264 e. The Morgan fingerprint density at radius 2 is 2.00 bits per heavy atom. The Kier molecular flexibility index (Phi) is 5.83. The molecule has 1 atom stereocenters. The first-order valence-electron chi connectivity index (χ1n) is 11.0. The van der Waals surface area contributed by atoms with E-state index in [4.69, 9.17) is 0 Å². The third kappa shape index (κ3) is 3.96. The number of aldehydes is 1. The van der Waals surface area contributed by atoms with Gasteiger partial charge in [0.05, 0.1) is 17.2 Å². The average Bonchev–Trinajstić information content (AvgIpc) is 2.97. The fourth-order valence-corrected chi connectivity index (χ4v) is 5.55. The van der Waals surface area contributed by atoms with Crippen LogP contribution in [0.3, 0.4) is 0 Å². The van der Waals surface area contributed by atoms with Crippen LogP contribution in [0.1, 0.15) is 52.8 Å². The SMILES string of the molecule is CNC(=O)CCC(C=O)N1C(=O)c2cccc(NCCC3CC4(C3)CN(C)C4)c2C1=O. The number of hydrogen-bond donors (Lipinski definition) is 2. The molecule has 2 fully saturated rings. The fourth-order valence-electron chi connectivity index (χ4n) is 5.55. The van der Waals surface area contributed by atoms with Gasteiger partial charge in [0.15, 0.2) is 0 Å². The van der Waals surface area contributed by atoms with Crippen LogP contribution >= 0.6 is 0 Å². The second-order valence-electron chi connectivity index (χ2n) is 9.29. The number of amides is 3. The van der Waals surface area contributed by atoms with E-state index in [1.165, 1.54) is 33.0 Å². The number of likely N-dealkylation sites (tertiary alicyclic amines) is 1. The van der Waals surface area contributed by atoms with Gasteiger partial charge in [0, 0.05) is 38.8 Å². The monoisotopic (exact) mass is 426 g/mol. The largest absolute Gasteiger partial charge is 0.384 e. The topological polar surface area (TPSA) is 98.8 Å². The number of fused-ring (bicyclic) bond motifs is 1. The summed E-state index contributed by atoms with van der Waals surface area (Å²) in [6.07, 6.45) is 4.31. The van der Waals surface area contributed by atoms with Gasteiger partial charge in [-0.05, 0) is 56.2 Å². The van der Waals surface area contributed by atoms with Crippen LogP contribution in [-0.2, 0) is 9.59 Å². The van der Waals surface area contributed by atoms with Crippen molar-refractivity contribution in [2.45, 2.75) is 38.1 Å². The summed E-state index contributed by atoms with van der Waals surface area (Å²) >= 11 is 0. The van der Waals surface area contributed by atoms with Crippen molar-refractivity contribution >= 4 is 29.7 Å². The lowest BCUT2D eigenvalue weighted by atomic mass is 9.57. The number of benzene rings is 1. The first-order valence-corrected chi connectivity index (χ1v) is 11.0. The number of nitrogens with one attached hydrogen (secondary N) is 2. The summed E-state index contributed by atoms with van der Waals surface area (Å²) in [5.41, 5.74) is 1.81. The van der Waals surface area contributed by atoms with Gasteiger partial charge in [0.2, 0.25) is 5.91 Å². The number of nitrogens with zero attached hydrogens (tertiary/aromatic N) is 2. The third-order valence-electron chi connectivity index (χ3n) is 6.90. The number of imide groups is 1. The minimum absolute atomic E-state index is 0.0666. The molecule has 1 spiro atoms. The molecule has 166 valence electrons. The molecule has 31 heavy (non-hydrogen) atoms. The highest BCUT2D eigenvalue weighted by atomic mass is 16.2. The zero-order chi connectivity index (χ0) is 22.2. The molecule has 4 rings (SSSR count). The highest BCUT2D eigenvalue weighted by molar-refractivity contribution is 6.24. The maximum atomic E-state index is 13.1. The van der Waals surface area contributed by atoms with Gasteiger partial charge < -0.3 is 20.3 Å². The summed E-state index contributed by atoms with van der Waals surface area (Å²) in [5.74, 6) is -0.488. The molecule has 8 nitrogen and oxygen atoms in total. The van der Waals surface area contributed by atoms with Gasteiger partial charge in [-0.15, -0.1) is 0 Å². The molecule has 0 aromatic heterocycles. The quantitative estimate of drug-likeness (QED) is 0.459. The van der Waals surface area contributed by atoms with Gasteiger partial charge in [0.1, 0.15) is 6.29 Å². The lowest BCUT2D eigenvalue weighted by molar-refractivity contribution is -0.121. The lowest BCUT2D eigenvalue weighted by Gasteiger charge is -2.58. The highest BCUT2D eigenvalue weighted by Gasteiger charge is 2.50. The molecule has 1 aromatic rings. The zero-order valence-corrected chi connectivity index (χ0v) is 18.1. The predicted molar refractivity (Wildman–Crippen MR) is 116 cm³/mol. The van der Waals surface area contributed by atoms with E-state index >= 15 is 0 Å². The molecule has 0 radical (unpaired) electrons. The van der Waals surface area contributed by atoms with E-state index in [0.717, 1.165) is 17.9 Å². The van der Waals surface area contributed by atoms with E-state index in [9.17, 15) is 19.2 Å². The van der Waals surface area contributed by atoms with Crippen LogP contribution in [0.25, 0.3) is 0 Å². The summed E-state index contributed by atoms with van der Waals surface area (Å²) < 4.78 is 0. The smallest absolute Gasteiger partial charge is 0.264 e. The van der Waals surface area contributed by atoms with Crippen LogP contribution in [0.15, 0.2) is 18.2 Å². The molecule has 1 aliphatic carbocycles. The second-order valence-corrected chi connectivity index (χ2v) is 9.29. The summed E-state index contributed by atoms with van der Waals surface area (Å²) in [4.78, 5) is 52.4. The van der Waals surface area contributed by atoms with Gasteiger partial charge in [-0.2, -0.15) is 0 Å². The van der Waals surface area contributed by atoms with Crippen LogP contribution in [0.2, 0.25) is 0 Å². The first-order chi connectivity index (χ1) is 14.9. The van der Waals surface area contributed by atoms with E-state index in [1.54, 1.807) is 18.2 Å². The Morgan fingerprint density at radius 3 is 2.65 bits per heavy atom. The van der Waals surface area contributed by atoms with E-state index in [2.05, 4.69) is 22.6 Å². The molecule has 3 amide bonds. The van der Waals surface area contributed by atoms with Gasteiger partial charge in [-0.1, -0.05) is 6.07 Å². The van der Waals surface area contributed by atoms with Gasteiger partial charge >= 0.3 is 0 Å². The summed E-state index contributed by atoms with van der Waals surface area (Å²) in [6.45, 7) is 3.14. The molecule has 8 heteroatoms. The Balaban J connectivity index is 1.38. The standard InChI is InChI=1S/C23H30N4O4/c1-24-19(29)7-6-16(12-28)27-21(30)17-4-3-5-18(20(17)22(27)31)25-9-8-15-10-23(11-15)13-26(2)14-23/h3-5,12,15-16,25H,6-11,13-14H2,1-2H3,(H,24,29). The van der Waals surface area contributed by atoms with E-state index < -0.39 is 17.9 Å². The van der Waals surface area contributed by atoms with E-state index in [-0.39, 0.29) is 18.7 Å². The Bertz CT molecular complexity index is 901. The summed E-state index contributed by atoms with van der Waals surface area (Å²) in [6, 6.07) is 4.21. The van der Waals surface area contributed by atoms with Crippen molar-refractivity contribution in [3.05, 3.63) is 29.3 Å². The Morgan fingerprint density at radius 1 is 1.26 bits per heavy atom. The second kappa shape index (κ2) is 8.42. The molecule has 3 aliphatic rings. The van der Waals surface area contributed by atoms with Crippen molar-refractivity contribution in [2.75, 3.05) is 39.0 Å². The fraction of sp³-hybridized carbons (Fsp3) is 0.565. The van der Waals surface area contributed by atoms with Crippen molar-refractivity contribution in [1.29, 1.82) is 0 Å². The van der Waals surface area contributed by atoms with Crippen LogP contribution in [0, 0.1) is 11.3 Å². The molecule has 2 aliphatic heterocycles. The molecule has 0 bridgehead atoms. The minimum Gasteiger partial charge on any atom is -0.384 e. The molecule has 2 heterocycles.